The number of carbonyl (C=O) groups excluding carboxylic acids is 2. The highest BCUT2D eigenvalue weighted by atomic mass is 16.7. The van der Waals surface area contributed by atoms with Crippen LogP contribution in [0.25, 0.3) is 0 Å². The van der Waals surface area contributed by atoms with Gasteiger partial charge in [0.25, 0.3) is 0 Å². The van der Waals surface area contributed by atoms with Crippen LogP contribution >= 0.6 is 0 Å². The summed E-state index contributed by atoms with van der Waals surface area (Å²) in [4.78, 5) is 24.1. The Bertz CT molecular complexity index is 1910. The SMILES string of the molecule is CC(=O)Oc1ccc(Cc2ccc(OC(C)=O)c(C3CC(c4ccc5c(c4)OCO5)=NN3)c2)cc1C1CC(c2ccc3c(c2)OCO3)=NN1. The summed E-state index contributed by atoms with van der Waals surface area (Å²) in [6.07, 6.45) is 1.74. The predicted octanol–water partition coefficient (Wildman–Crippen LogP) is 5.46. The Morgan fingerprint density at radius 1 is 0.633 bits per heavy atom. The van der Waals surface area contributed by atoms with Gasteiger partial charge < -0.3 is 39.3 Å². The number of hydrogen-bond acceptors (Lipinski definition) is 12. The van der Waals surface area contributed by atoms with Crippen molar-refractivity contribution < 1.29 is 38.0 Å². The van der Waals surface area contributed by atoms with Crippen LogP contribution < -0.4 is 39.3 Å². The molecule has 0 radical (unpaired) electrons. The molecule has 4 aliphatic heterocycles. The van der Waals surface area contributed by atoms with Gasteiger partial charge in [-0.25, -0.2) is 0 Å². The Morgan fingerprint density at radius 3 is 1.53 bits per heavy atom. The van der Waals surface area contributed by atoms with E-state index in [4.69, 9.17) is 28.4 Å². The van der Waals surface area contributed by atoms with Gasteiger partial charge in [-0.3, -0.25) is 9.59 Å². The fourth-order valence-electron chi connectivity index (χ4n) is 6.45. The number of nitrogens with one attached hydrogen (secondary N) is 2. The molecular formula is C37H32N4O8. The van der Waals surface area contributed by atoms with E-state index in [1.54, 1.807) is 0 Å². The first-order valence-corrected chi connectivity index (χ1v) is 15.9. The first-order chi connectivity index (χ1) is 23.9. The number of hydrogen-bond donors (Lipinski definition) is 2. The van der Waals surface area contributed by atoms with Crippen LogP contribution in [-0.4, -0.2) is 36.9 Å². The molecule has 248 valence electrons. The topological polar surface area (TPSA) is 138 Å². The molecule has 0 saturated heterocycles. The molecule has 0 aliphatic carbocycles. The normalized spacial score (nSPS) is 18.3. The highest BCUT2D eigenvalue weighted by Crippen LogP contribution is 2.39. The van der Waals surface area contributed by atoms with E-state index in [9.17, 15) is 9.59 Å². The number of fused-ring (bicyclic) bond motifs is 2. The van der Waals surface area contributed by atoms with Crippen LogP contribution in [0.5, 0.6) is 34.5 Å². The Balaban J connectivity index is 1.03. The summed E-state index contributed by atoms with van der Waals surface area (Å²) in [5, 5.41) is 9.23. The smallest absolute Gasteiger partial charge is 0.308 e. The second-order valence-corrected chi connectivity index (χ2v) is 12.1. The minimum atomic E-state index is -0.402. The van der Waals surface area contributed by atoms with Crippen molar-refractivity contribution in [3.05, 3.63) is 106 Å². The molecule has 4 aliphatic rings. The lowest BCUT2D eigenvalue weighted by Gasteiger charge is -2.18. The van der Waals surface area contributed by atoms with E-state index >= 15 is 0 Å². The maximum atomic E-state index is 12.0. The van der Waals surface area contributed by atoms with E-state index in [1.165, 1.54) is 13.8 Å². The Morgan fingerprint density at radius 2 is 1.08 bits per heavy atom. The van der Waals surface area contributed by atoms with Gasteiger partial charge in [-0.1, -0.05) is 12.1 Å². The average Bonchev–Trinajstić information content (AvgIpc) is 3.92. The van der Waals surface area contributed by atoms with E-state index in [2.05, 4.69) is 21.1 Å². The number of rotatable bonds is 8. The van der Waals surface area contributed by atoms with Gasteiger partial charge in [0.1, 0.15) is 11.5 Å². The molecule has 4 aromatic rings. The highest BCUT2D eigenvalue weighted by Gasteiger charge is 2.28. The number of carbonyl (C=O) groups is 2. The van der Waals surface area contributed by atoms with Crippen molar-refractivity contribution in [1.82, 2.24) is 10.9 Å². The van der Waals surface area contributed by atoms with Gasteiger partial charge in [0, 0.05) is 48.9 Å². The molecule has 2 unspecified atom stereocenters. The van der Waals surface area contributed by atoms with Crippen molar-refractivity contribution in [3.8, 4) is 34.5 Å². The number of hydrazone groups is 2. The monoisotopic (exact) mass is 660 g/mol. The van der Waals surface area contributed by atoms with Crippen molar-refractivity contribution in [1.29, 1.82) is 0 Å². The third kappa shape index (κ3) is 6.20. The van der Waals surface area contributed by atoms with Crippen molar-refractivity contribution in [2.24, 2.45) is 10.2 Å². The van der Waals surface area contributed by atoms with Gasteiger partial charge in [0.05, 0.1) is 23.5 Å². The second-order valence-electron chi connectivity index (χ2n) is 12.1. The molecule has 12 heteroatoms. The van der Waals surface area contributed by atoms with Gasteiger partial charge >= 0.3 is 11.9 Å². The lowest BCUT2D eigenvalue weighted by molar-refractivity contribution is -0.132. The van der Waals surface area contributed by atoms with Crippen molar-refractivity contribution >= 4 is 23.4 Å². The first-order valence-electron chi connectivity index (χ1n) is 15.9. The zero-order valence-electron chi connectivity index (χ0n) is 26.8. The minimum absolute atomic E-state index is 0.200. The summed E-state index contributed by atoms with van der Waals surface area (Å²) in [5.41, 5.74) is 13.7. The van der Waals surface area contributed by atoms with E-state index in [1.807, 2.05) is 72.8 Å². The molecule has 8 rings (SSSR count). The van der Waals surface area contributed by atoms with Crippen LogP contribution in [0.2, 0.25) is 0 Å². The molecule has 12 nitrogen and oxygen atoms in total. The number of esters is 2. The standard InChI is InChI=1S/C37H32N4O8/c1-20(42)48-32-7-3-22(12-26(32)30-16-28(38-40-30)24-5-9-34-36(14-24)46-18-44-34)11-23-4-8-33(49-21(2)43)27(13-23)31-17-29(39-41-31)25-6-10-35-37(15-25)47-19-45-35/h3-10,12-15,30-31,40-41H,11,16-19H2,1-2H3. The van der Waals surface area contributed by atoms with Gasteiger partial charge in [0.2, 0.25) is 13.6 Å². The predicted molar refractivity (Wildman–Crippen MR) is 177 cm³/mol. The second kappa shape index (κ2) is 12.5. The molecule has 0 amide bonds. The molecule has 0 spiro atoms. The zero-order chi connectivity index (χ0) is 33.5. The van der Waals surface area contributed by atoms with Crippen LogP contribution in [0.4, 0.5) is 0 Å². The number of nitrogens with zero attached hydrogens (tertiary/aromatic N) is 2. The molecule has 2 N–H and O–H groups in total. The number of benzene rings is 4. The van der Waals surface area contributed by atoms with E-state index in [0.717, 1.165) is 44.8 Å². The van der Waals surface area contributed by atoms with Crippen LogP contribution in [0, 0.1) is 0 Å². The minimum Gasteiger partial charge on any atom is -0.454 e. The quantitative estimate of drug-likeness (QED) is 0.185. The first kappa shape index (κ1) is 30.3. The summed E-state index contributed by atoms with van der Waals surface area (Å²) < 4.78 is 33.3. The maximum absolute atomic E-state index is 12.0. The molecule has 0 aromatic heterocycles. The van der Waals surface area contributed by atoms with Gasteiger partial charge in [-0.2, -0.15) is 10.2 Å². The summed E-state index contributed by atoms with van der Waals surface area (Å²) in [7, 11) is 0. The lowest BCUT2D eigenvalue weighted by Crippen LogP contribution is -2.14. The Hall–Kier alpha value is -6.04. The Kier molecular flexibility index (Phi) is 7.75. The third-order valence-electron chi connectivity index (χ3n) is 8.73. The van der Waals surface area contributed by atoms with Crippen molar-refractivity contribution in [2.75, 3.05) is 13.6 Å². The van der Waals surface area contributed by atoms with Crippen LogP contribution in [-0.2, 0) is 16.0 Å². The Labute approximate surface area is 281 Å². The molecule has 49 heavy (non-hydrogen) atoms. The van der Waals surface area contributed by atoms with E-state index in [-0.39, 0.29) is 25.7 Å². The fourth-order valence-corrected chi connectivity index (χ4v) is 6.45. The summed E-state index contributed by atoms with van der Waals surface area (Å²) in [5.74, 6) is 2.95. The van der Waals surface area contributed by atoms with Crippen LogP contribution in [0.1, 0.15) is 72.2 Å². The maximum Gasteiger partial charge on any atom is 0.308 e. The molecule has 0 fully saturated rings. The highest BCUT2D eigenvalue weighted by molar-refractivity contribution is 6.03. The number of ether oxygens (including phenoxy) is 6. The third-order valence-corrected chi connectivity index (χ3v) is 8.73. The molecule has 4 heterocycles. The van der Waals surface area contributed by atoms with Crippen LogP contribution in [0.15, 0.2) is 83.0 Å². The van der Waals surface area contributed by atoms with Gasteiger partial charge in [-0.05, 0) is 78.2 Å². The zero-order valence-corrected chi connectivity index (χ0v) is 26.8. The fraction of sp³-hybridized carbons (Fsp3) is 0.243. The molecule has 4 aromatic carbocycles. The summed E-state index contributed by atoms with van der Waals surface area (Å²) in [6, 6.07) is 22.7. The van der Waals surface area contributed by atoms with Crippen molar-refractivity contribution in [2.45, 2.75) is 45.2 Å². The van der Waals surface area contributed by atoms with E-state index < -0.39 is 11.9 Å². The molecular weight excluding hydrogens is 628 g/mol. The van der Waals surface area contributed by atoms with Crippen LogP contribution in [0.3, 0.4) is 0 Å². The molecule has 0 saturated carbocycles. The van der Waals surface area contributed by atoms with Gasteiger partial charge in [0.15, 0.2) is 23.0 Å². The lowest BCUT2D eigenvalue weighted by atomic mass is 9.93. The summed E-state index contributed by atoms with van der Waals surface area (Å²) >= 11 is 0. The summed E-state index contributed by atoms with van der Waals surface area (Å²) in [6.45, 7) is 3.18. The largest absolute Gasteiger partial charge is 0.454 e. The van der Waals surface area contributed by atoms with Gasteiger partial charge in [-0.15, -0.1) is 0 Å². The molecule has 0 bridgehead atoms. The molecule has 2 atom stereocenters. The average molecular weight is 661 g/mol. The van der Waals surface area contributed by atoms with Crippen molar-refractivity contribution in [3.63, 3.8) is 0 Å². The van der Waals surface area contributed by atoms with E-state index in [0.29, 0.717) is 53.8 Å².